The third kappa shape index (κ3) is 3.14. The summed E-state index contributed by atoms with van der Waals surface area (Å²) in [6.07, 6.45) is 0.179. The first-order chi connectivity index (χ1) is 10.3. The molecule has 1 aliphatic heterocycles. The fraction of sp³-hybridized carbons (Fsp3) is 0.562. The Morgan fingerprint density at radius 3 is 2.59 bits per heavy atom. The molecule has 0 N–H and O–H groups in total. The molecule has 6 nitrogen and oxygen atoms in total. The summed E-state index contributed by atoms with van der Waals surface area (Å²) >= 11 is 0. The summed E-state index contributed by atoms with van der Waals surface area (Å²) in [5, 5.41) is 9.40. The lowest BCUT2D eigenvalue weighted by Crippen LogP contribution is -2.33. The number of nitrogens with zero attached hydrogens (tertiary/aromatic N) is 4. The molecule has 0 aliphatic carbocycles. The Labute approximate surface area is 130 Å². The van der Waals surface area contributed by atoms with Crippen molar-refractivity contribution in [2.45, 2.75) is 46.1 Å². The van der Waals surface area contributed by atoms with Crippen molar-refractivity contribution in [1.82, 2.24) is 14.9 Å². The molecule has 1 saturated heterocycles. The number of rotatable bonds is 4. The van der Waals surface area contributed by atoms with Crippen molar-refractivity contribution in [3.8, 4) is 6.07 Å². The monoisotopic (exact) mass is 300 g/mol. The van der Waals surface area contributed by atoms with Gasteiger partial charge < -0.3 is 4.90 Å². The Morgan fingerprint density at radius 2 is 2.09 bits per heavy atom. The molecule has 0 bridgehead atoms. The Morgan fingerprint density at radius 1 is 1.41 bits per heavy atom. The number of Topliss-reactive ketones (excluding diaryl/α,β-unsaturated/α-hetero) is 1. The van der Waals surface area contributed by atoms with Crippen LogP contribution in [0.15, 0.2) is 6.07 Å². The number of likely N-dealkylation sites (tertiary alicyclic amines) is 1. The Balaban J connectivity index is 2.24. The smallest absolute Gasteiger partial charge is 0.223 e. The van der Waals surface area contributed by atoms with Crippen LogP contribution in [-0.2, 0) is 9.59 Å². The lowest BCUT2D eigenvalue weighted by molar-refractivity contribution is -0.129. The number of aryl methyl sites for hydroxylation is 2. The van der Waals surface area contributed by atoms with E-state index in [-0.39, 0.29) is 24.2 Å². The van der Waals surface area contributed by atoms with Gasteiger partial charge in [0.2, 0.25) is 5.91 Å². The standard InChI is InChI=1S/C16H20N4O2/c1-9(2)20-8-12(6-15(20)21)16(22)13(7-17)14-5-10(3)18-11(4)19-14/h5,9,12-13H,6,8H2,1-4H3/t12-,13+/m0/s1. The molecule has 1 fully saturated rings. The normalized spacial score (nSPS) is 19.4. The number of carbonyl (C=O) groups is 2. The van der Waals surface area contributed by atoms with Crippen molar-refractivity contribution < 1.29 is 9.59 Å². The molecule has 1 aliphatic rings. The van der Waals surface area contributed by atoms with Crippen LogP contribution in [0.1, 0.15) is 43.4 Å². The minimum atomic E-state index is -0.940. The van der Waals surface area contributed by atoms with Gasteiger partial charge in [0.1, 0.15) is 11.7 Å². The average Bonchev–Trinajstić information content (AvgIpc) is 2.80. The summed E-state index contributed by atoms with van der Waals surface area (Å²) < 4.78 is 0. The van der Waals surface area contributed by atoms with Crippen LogP contribution in [0.2, 0.25) is 0 Å². The van der Waals surface area contributed by atoms with Gasteiger partial charge in [-0.25, -0.2) is 9.97 Å². The molecule has 2 heterocycles. The second-order valence-corrected chi connectivity index (χ2v) is 5.99. The number of aromatic nitrogens is 2. The quantitative estimate of drug-likeness (QED) is 0.841. The highest BCUT2D eigenvalue weighted by atomic mass is 16.2. The number of amides is 1. The predicted molar refractivity (Wildman–Crippen MR) is 79.8 cm³/mol. The van der Waals surface area contributed by atoms with Crippen LogP contribution < -0.4 is 0 Å². The van der Waals surface area contributed by atoms with Gasteiger partial charge in [0.25, 0.3) is 0 Å². The summed E-state index contributed by atoms with van der Waals surface area (Å²) in [5.74, 6) is -1.09. The summed E-state index contributed by atoms with van der Waals surface area (Å²) in [7, 11) is 0. The van der Waals surface area contributed by atoms with Crippen molar-refractivity contribution in [2.75, 3.05) is 6.54 Å². The van der Waals surface area contributed by atoms with Crippen LogP contribution in [0.3, 0.4) is 0 Å². The van der Waals surface area contributed by atoms with E-state index in [0.717, 1.165) is 5.69 Å². The maximum absolute atomic E-state index is 12.7. The maximum Gasteiger partial charge on any atom is 0.223 e. The molecule has 22 heavy (non-hydrogen) atoms. The van der Waals surface area contributed by atoms with Gasteiger partial charge in [0, 0.05) is 30.6 Å². The third-order valence-electron chi connectivity index (χ3n) is 3.88. The van der Waals surface area contributed by atoms with Gasteiger partial charge in [-0.05, 0) is 33.8 Å². The second-order valence-electron chi connectivity index (χ2n) is 5.99. The predicted octanol–water partition coefficient (Wildman–Crippen LogP) is 1.53. The van der Waals surface area contributed by atoms with Crippen LogP contribution in [-0.4, -0.2) is 39.1 Å². The summed E-state index contributed by atoms with van der Waals surface area (Å²) in [4.78, 5) is 34.7. The zero-order valence-electron chi connectivity index (χ0n) is 13.3. The van der Waals surface area contributed by atoms with E-state index in [9.17, 15) is 14.9 Å². The Kier molecular flexibility index (Phi) is 4.55. The van der Waals surface area contributed by atoms with Crippen LogP contribution in [0.25, 0.3) is 0 Å². The molecule has 1 aromatic rings. The van der Waals surface area contributed by atoms with Crippen LogP contribution >= 0.6 is 0 Å². The second kappa shape index (κ2) is 6.22. The lowest BCUT2D eigenvalue weighted by atomic mass is 9.90. The molecule has 0 spiro atoms. The molecule has 0 saturated carbocycles. The number of ketones is 1. The van der Waals surface area contributed by atoms with E-state index >= 15 is 0 Å². The minimum absolute atomic E-state index is 0.0277. The van der Waals surface area contributed by atoms with Crippen LogP contribution in [0.5, 0.6) is 0 Å². The van der Waals surface area contributed by atoms with Crippen molar-refractivity contribution >= 4 is 11.7 Å². The average molecular weight is 300 g/mol. The Bertz CT molecular complexity index is 628. The van der Waals surface area contributed by atoms with Gasteiger partial charge in [-0.15, -0.1) is 0 Å². The SMILES string of the molecule is Cc1cc([C@@H](C#N)C(=O)[C@H]2CC(=O)N(C(C)C)C2)nc(C)n1. The number of hydrogen-bond acceptors (Lipinski definition) is 5. The molecular formula is C16H20N4O2. The van der Waals surface area contributed by atoms with E-state index in [1.54, 1.807) is 24.8 Å². The van der Waals surface area contributed by atoms with Crippen molar-refractivity contribution in [3.05, 3.63) is 23.3 Å². The molecule has 0 aromatic carbocycles. The molecule has 6 heteroatoms. The largest absolute Gasteiger partial charge is 0.340 e. The zero-order valence-corrected chi connectivity index (χ0v) is 13.3. The first-order valence-electron chi connectivity index (χ1n) is 7.38. The first-order valence-corrected chi connectivity index (χ1v) is 7.38. The highest BCUT2D eigenvalue weighted by molar-refractivity contribution is 5.95. The van der Waals surface area contributed by atoms with E-state index in [0.29, 0.717) is 18.1 Å². The molecule has 116 valence electrons. The molecule has 1 aromatic heterocycles. The number of carbonyl (C=O) groups excluding carboxylic acids is 2. The highest BCUT2D eigenvalue weighted by Gasteiger charge is 2.39. The number of nitriles is 1. The number of hydrogen-bond donors (Lipinski definition) is 0. The van der Waals surface area contributed by atoms with E-state index in [1.165, 1.54) is 0 Å². The minimum Gasteiger partial charge on any atom is -0.340 e. The van der Waals surface area contributed by atoms with E-state index in [1.807, 2.05) is 19.9 Å². The van der Waals surface area contributed by atoms with Gasteiger partial charge >= 0.3 is 0 Å². The molecule has 2 atom stereocenters. The van der Waals surface area contributed by atoms with Crippen LogP contribution in [0.4, 0.5) is 0 Å². The van der Waals surface area contributed by atoms with E-state index < -0.39 is 11.8 Å². The van der Waals surface area contributed by atoms with Crippen molar-refractivity contribution in [1.29, 1.82) is 5.26 Å². The van der Waals surface area contributed by atoms with Gasteiger partial charge in [-0.2, -0.15) is 5.26 Å². The fourth-order valence-corrected chi connectivity index (χ4v) is 2.83. The third-order valence-corrected chi connectivity index (χ3v) is 3.88. The van der Waals surface area contributed by atoms with Gasteiger partial charge in [-0.3, -0.25) is 9.59 Å². The molecule has 2 rings (SSSR count). The fourth-order valence-electron chi connectivity index (χ4n) is 2.83. The Hall–Kier alpha value is -2.29. The molecular weight excluding hydrogens is 280 g/mol. The van der Waals surface area contributed by atoms with Gasteiger partial charge in [0.15, 0.2) is 5.78 Å². The van der Waals surface area contributed by atoms with Crippen molar-refractivity contribution in [2.24, 2.45) is 5.92 Å². The molecule has 1 amide bonds. The van der Waals surface area contributed by atoms with E-state index in [4.69, 9.17) is 0 Å². The van der Waals surface area contributed by atoms with Gasteiger partial charge in [0.05, 0.1) is 11.8 Å². The summed E-state index contributed by atoms with van der Waals surface area (Å²) in [5.41, 5.74) is 1.15. The van der Waals surface area contributed by atoms with E-state index in [2.05, 4.69) is 9.97 Å². The maximum atomic E-state index is 12.7. The molecule has 0 unspecified atom stereocenters. The molecule has 0 radical (unpaired) electrons. The first kappa shape index (κ1) is 16.1. The van der Waals surface area contributed by atoms with Crippen molar-refractivity contribution in [3.63, 3.8) is 0 Å². The summed E-state index contributed by atoms with van der Waals surface area (Å²) in [6.45, 7) is 7.76. The lowest BCUT2D eigenvalue weighted by Gasteiger charge is -2.21. The van der Waals surface area contributed by atoms with Crippen LogP contribution in [0, 0.1) is 31.1 Å². The van der Waals surface area contributed by atoms with Gasteiger partial charge in [-0.1, -0.05) is 0 Å². The topological polar surface area (TPSA) is 87.0 Å². The zero-order chi connectivity index (χ0) is 16.4. The highest BCUT2D eigenvalue weighted by Crippen LogP contribution is 2.27. The summed E-state index contributed by atoms with van der Waals surface area (Å²) in [6, 6.07) is 3.77.